The molecule has 5 heteroatoms. The average Bonchev–Trinajstić information content (AvgIpc) is 2.61. The van der Waals surface area contributed by atoms with Crippen molar-refractivity contribution >= 4 is 12.1 Å². The second-order valence-electron chi connectivity index (χ2n) is 4.98. The van der Waals surface area contributed by atoms with Gasteiger partial charge in [-0.3, -0.25) is 4.90 Å². The van der Waals surface area contributed by atoms with Crippen LogP contribution in [0.25, 0.3) is 0 Å². The minimum Gasteiger partial charge on any atom is -0.465 e. The number of carbonyl (C=O) groups excluding carboxylic acids is 1. The van der Waals surface area contributed by atoms with Gasteiger partial charge in [-0.15, -0.1) is 0 Å². The molecule has 1 heterocycles. The first kappa shape index (κ1) is 12.5. The Labute approximate surface area is 94.7 Å². The van der Waals surface area contributed by atoms with Gasteiger partial charge >= 0.3 is 12.1 Å². The van der Waals surface area contributed by atoms with Gasteiger partial charge in [-0.05, 0) is 5.41 Å². The van der Waals surface area contributed by atoms with Gasteiger partial charge < -0.3 is 9.84 Å². The lowest BCUT2D eigenvalue weighted by Crippen LogP contribution is -2.41. The summed E-state index contributed by atoms with van der Waals surface area (Å²) in [6.45, 7) is 6.35. The van der Waals surface area contributed by atoms with E-state index in [4.69, 9.17) is 9.84 Å². The van der Waals surface area contributed by atoms with E-state index < -0.39 is 18.1 Å². The van der Waals surface area contributed by atoms with Crippen molar-refractivity contribution in [1.82, 2.24) is 4.90 Å². The van der Waals surface area contributed by atoms with Crippen LogP contribution in [0.4, 0.5) is 4.79 Å². The molecule has 1 atom stereocenters. The van der Waals surface area contributed by atoms with Gasteiger partial charge in [0.15, 0.2) is 6.04 Å². The lowest BCUT2D eigenvalue weighted by atomic mass is 9.99. The van der Waals surface area contributed by atoms with Gasteiger partial charge in [0.25, 0.3) is 0 Å². The minimum absolute atomic E-state index is 0.119. The van der Waals surface area contributed by atoms with Gasteiger partial charge in [0.2, 0.25) is 0 Å². The highest BCUT2D eigenvalue weighted by molar-refractivity contribution is 5.83. The van der Waals surface area contributed by atoms with Crippen molar-refractivity contribution in [2.75, 3.05) is 13.2 Å². The molecule has 90 valence electrons. The van der Waals surface area contributed by atoms with Crippen molar-refractivity contribution in [1.29, 1.82) is 0 Å². The number of amides is 1. The SMILES string of the molecule is CC(C)(C)COC(=O)C1C=CCN1C(=O)O. The molecular formula is C11H17NO4. The maximum absolute atomic E-state index is 11.6. The summed E-state index contributed by atoms with van der Waals surface area (Å²) in [6.07, 6.45) is 2.10. The van der Waals surface area contributed by atoms with Crippen LogP contribution in [0.1, 0.15) is 20.8 Å². The largest absolute Gasteiger partial charge is 0.465 e. The molecule has 0 aromatic heterocycles. The Morgan fingerprint density at radius 3 is 2.62 bits per heavy atom. The van der Waals surface area contributed by atoms with E-state index in [1.54, 1.807) is 12.2 Å². The van der Waals surface area contributed by atoms with Crippen LogP contribution >= 0.6 is 0 Å². The highest BCUT2D eigenvalue weighted by atomic mass is 16.5. The Kier molecular flexibility index (Phi) is 3.57. The van der Waals surface area contributed by atoms with Crippen molar-refractivity contribution in [2.45, 2.75) is 26.8 Å². The Balaban J connectivity index is 2.54. The zero-order chi connectivity index (χ0) is 12.3. The number of esters is 1. The smallest absolute Gasteiger partial charge is 0.408 e. The van der Waals surface area contributed by atoms with Gasteiger partial charge in [0, 0.05) is 6.54 Å². The van der Waals surface area contributed by atoms with Crippen molar-refractivity contribution < 1.29 is 19.4 Å². The molecule has 1 aliphatic rings. The molecule has 0 aromatic rings. The Hall–Kier alpha value is -1.52. The topological polar surface area (TPSA) is 66.8 Å². The first-order valence-corrected chi connectivity index (χ1v) is 5.14. The minimum atomic E-state index is -1.11. The summed E-state index contributed by atoms with van der Waals surface area (Å²) < 4.78 is 5.08. The summed E-state index contributed by atoms with van der Waals surface area (Å²) in [5.41, 5.74) is -0.119. The van der Waals surface area contributed by atoms with Crippen LogP contribution in [0, 0.1) is 5.41 Å². The van der Waals surface area contributed by atoms with E-state index in [1.165, 1.54) is 0 Å². The molecule has 0 saturated heterocycles. The van der Waals surface area contributed by atoms with E-state index in [9.17, 15) is 9.59 Å². The monoisotopic (exact) mass is 227 g/mol. The van der Waals surface area contributed by atoms with Crippen LogP contribution in [0.15, 0.2) is 12.2 Å². The van der Waals surface area contributed by atoms with E-state index in [0.29, 0.717) is 0 Å². The molecule has 0 aliphatic carbocycles. The summed E-state index contributed by atoms with van der Waals surface area (Å²) >= 11 is 0. The van der Waals surface area contributed by atoms with Crippen molar-refractivity contribution in [3.63, 3.8) is 0 Å². The summed E-state index contributed by atoms with van der Waals surface area (Å²) in [5.74, 6) is -0.508. The normalized spacial score (nSPS) is 19.9. The van der Waals surface area contributed by atoms with Crippen molar-refractivity contribution in [3.8, 4) is 0 Å². The molecule has 0 spiro atoms. The van der Waals surface area contributed by atoms with Crippen LogP contribution in [0.2, 0.25) is 0 Å². The van der Waals surface area contributed by atoms with E-state index in [-0.39, 0.29) is 18.6 Å². The molecule has 1 amide bonds. The van der Waals surface area contributed by atoms with Crippen LogP contribution in [-0.4, -0.2) is 41.3 Å². The first-order chi connectivity index (χ1) is 7.31. The molecular weight excluding hydrogens is 210 g/mol. The van der Waals surface area contributed by atoms with E-state index in [1.807, 2.05) is 20.8 Å². The molecule has 1 unspecified atom stereocenters. The standard InChI is InChI=1S/C11H17NO4/c1-11(2,3)7-16-9(13)8-5-4-6-12(8)10(14)15/h4-5,8H,6-7H2,1-3H3,(H,14,15). The fraction of sp³-hybridized carbons (Fsp3) is 0.636. The lowest BCUT2D eigenvalue weighted by molar-refractivity contribution is -0.149. The molecule has 1 aliphatic heterocycles. The molecule has 1 N–H and O–H groups in total. The van der Waals surface area contributed by atoms with Gasteiger partial charge in [-0.2, -0.15) is 0 Å². The van der Waals surface area contributed by atoms with Crippen LogP contribution in [-0.2, 0) is 9.53 Å². The van der Waals surface area contributed by atoms with Crippen LogP contribution < -0.4 is 0 Å². The summed E-state index contributed by atoms with van der Waals surface area (Å²) in [6, 6.07) is -0.792. The number of nitrogens with zero attached hydrogens (tertiary/aromatic N) is 1. The molecule has 0 fully saturated rings. The quantitative estimate of drug-likeness (QED) is 0.573. The maximum Gasteiger partial charge on any atom is 0.408 e. The van der Waals surface area contributed by atoms with E-state index >= 15 is 0 Å². The highest BCUT2D eigenvalue weighted by Gasteiger charge is 2.32. The number of carboxylic acid groups (broad SMARTS) is 1. The molecule has 0 saturated carbocycles. The Bertz CT molecular complexity index is 316. The third-order valence-corrected chi connectivity index (χ3v) is 2.09. The fourth-order valence-corrected chi connectivity index (χ4v) is 1.30. The summed E-state index contributed by atoms with van der Waals surface area (Å²) in [4.78, 5) is 23.5. The van der Waals surface area contributed by atoms with Crippen molar-refractivity contribution in [3.05, 3.63) is 12.2 Å². The summed E-state index contributed by atoms with van der Waals surface area (Å²) in [7, 11) is 0. The fourth-order valence-electron chi connectivity index (χ4n) is 1.30. The zero-order valence-electron chi connectivity index (χ0n) is 9.77. The Morgan fingerprint density at radius 1 is 1.50 bits per heavy atom. The third kappa shape index (κ3) is 3.25. The number of carbonyl (C=O) groups is 2. The molecule has 0 aromatic carbocycles. The number of rotatable bonds is 2. The molecule has 16 heavy (non-hydrogen) atoms. The Morgan fingerprint density at radius 2 is 2.12 bits per heavy atom. The van der Waals surface area contributed by atoms with E-state index in [0.717, 1.165) is 4.90 Å². The van der Waals surface area contributed by atoms with Gasteiger partial charge in [0.05, 0.1) is 6.61 Å². The second-order valence-corrected chi connectivity index (χ2v) is 4.98. The van der Waals surface area contributed by atoms with Crippen molar-refractivity contribution in [2.24, 2.45) is 5.41 Å². The van der Waals surface area contributed by atoms with Crippen LogP contribution in [0.3, 0.4) is 0 Å². The predicted octanol–water partition coefficient (Wildman–Crippen LogP) is 1.49. The van der Waals surface area contributed by atoms with Gasteiger partial charge in [-0.25, -0.2) is 9.59 Å². The van der Waals surface area contributed by atoms with Gasteiger partial charge in [-0.1, -0.05) is 32.9 Å². The average molecular weight is 227 g/mol. The lowest BCUT2D eigenvalue weighted by Gasteiger charge is -2.23. The number of ether oxygens (including phenoxy) is 1. The maximum atomic E-state index is 11.6. The second kappa shape index (κ2) is 4.55. The molecule has 5 nitrogen and oxygen atoms in total. The number of hydrogen-bond donors (Lipinski definition) is 1. The molecule has 0 radical (unpaired) electrons. The highest BCUT2D eigenvalue weighted by Crippen LogP contribution is 2.16. The number of hydrogen-bond acceptors (Lipinski definition) is 3. The third-order valence-electron chi connectivity index (χ3n) is 2.09. The van der Waals surface area contributed by atoms with E-state index in [2.05, 4.69) is 0 Å². The predicted molar refractivity (Wildman–Crippen MR) is 58.1 cm³/mol. The van der Waals surface area contributed by atoms with Gasteiger partial charge in [0.1, 0.15) is 0 Å². The molecule has 1 rings (SSSR count). The summed E-state index contributed by atoms with van der Waals surface area (Å²) in [5, 5.41) is 8.84. The zero-order valence-corrected chi connectivity index (χ0v) is 9.77. The van der Waals surface area contributed by atoms with Crippen LogP contribution in [0.5, 0.6) is 0 Å². The molecule has 0 bridgehead atoms. The first-order valence-electron chi connectivity index (χ1n) is 5.14.